The fourth-order valence-electron chi connectivity index (χ4n) is 2.20. The van der Waals surface area contributed by atoms with Crippen LogP contribution in [-0.2, 0) is 22.7 Å². The molecule has 0 spiro atoms. The predicted molar refractivity (Wildman–Crippen MR) is 80.7 cm³/mol. The predicted octanol–water partition coefficient (Wildman–Crippen LogP) is 2.40. The number of likely N-dealkylation sites (tertiary alicyclic amines) is 1. The van der Waals surface area contributed by atoms with Crippen molar-refractivity contribution in [2.75, 3.05) is 5.32 Å². The third-order valence-electron chi connectivity index (χ3n) is 3.31. The molecule has 1 saturated heterocycles. The van der Waals surface area contributed by atoms with Gasteiger partial charge in [-0.05, 0) is 5.56 Å². The van der Waals surface area contributed by atoms with Gasteiger partial charge in [0, 0.05) is 24.8 Å². The van der Waals surface area contributed by atoms with Crippen molar-refractivity contribution in [3.63, 3.8) is 0 Å². The molecule has 2 heterocycles. The first-order valence-corrected chi connectivity index (χ1v) is 7.66. The van der Waals surface area contributed by atoms with E-state index >= 15 is 0 Å². The molecule has 3 rings (SSSR count). The first kappa shape index (κ1) is 13.8. The van der Waals surface area contributed by atoms with Gasteiger partial charge in [0.15, 0.2) is 5.13 Å². The van der Waals surface area contributed by atoms with Gasteiger partial charge in [0.05, 0.1) is 12.2 Å². The quantitative estimate of drug-likeness (QED) is 0.861. The number of amides is 2. The Morgan fingerprint density at radius 2 is 1.86 bits per heavy atom. The molecule has 2 amide bonds. The molecule has 0 bridgehead atoms. The molecule has 0 atom stereocenters. The lowest BCUT2D eigenvalue weighted by atomic mass is 10.2. The zero-order valence-electron chi connectivity index (χ0n) is 11.4. The van der Waals surface area contributed by atoms with Gasteiger partial charge in [-0.3, -0.25) is 14.5 Å². The molecule has 1 aromatic heterocycles. The average Bonchev–Trinajstić information content (AvgIpc) is 3.08. The van der Waals surface area contributed by atoms with E-state index in [1.165, 1.54) is 21.8 Å². The van der Waals surface area contributed by atoms with Crippen molar-refractivity contribution in [3.8, 4) is 0 Å². The first-order valence-electron chi connectivity index (χ1n) is 6.78. The van der Waals surface area contributed by atoms with E-state index < -0.39 is 0 Å². The van der Waals surface area contributed by atoms with E-state index in [9.17, 15) is 9.59 Å². The molecule has 6 heteroatoms. The Morgan fingerprint density at radius 1 is 1.14 bits per heavy atom. The summed E-state index contributed by atoms with van der Waals surface area (Å²) in [6, 6.07) is 10.1. The highest BCUT2D eigenvalue weighted by Gasteiger charge is 2.29. The summed E-state index contributed by atoms with van der Waals surface area (Å²) < 4.78 is 0. The number of nitrogens with zero attached hydrogens (tertiary/aromatic N) is 2. The summed E-state index contributed by atoms with van der Waals surface area (Å²) >= 11 is 1.48. The number of carbonyl (C=O) groups excluding carboxylic acids is 2. The van der Waals surface area contributed by atoms with Crippen molar-refractivity contribution >= 4 is 28.3 Å². The standard InChI is InChI=1S/C15H15N3O2S/c19-13-6-7-14(20)18(13)9-12-10-21-15(17-12)16-8-11-4-2-1-3-5-11/h1-5,10H,6-9H2,(H,16,17). The highest BCUT2D eigenvalue weighted by atomic mass is 32.1. The van der Waals surface area contributed by atoms with Gasteiger partial charge in [-0.25, -0.2) is 4.98 Å². The van der Waals surface area contributed by atoms with Crippen molar-refractivity contribution in [1.82, 2.24) is 9.88 Å². The van der Waals surface area contributed by atoms with E-state index in [4.69, 9.17) is 0 Å². The first-order chi connectivity index (χ1) is 10.2. The number of aromatic nitrogens is 1. The molecule has 1 fully saturated rings. The van der Waals surface area contributed by atoms with Crippen LogP contribution in [-0.4, -0.2) is 21.7 Å². The van der Waals surface area contributed by atoms with Crippen LogP contribution in [0.2, 0.25) is 0 Å². The van der Waals surface area contributed by atoms with Crippen LogP contribution < -0.4 is 5.32 Å². The molecule has 1 aromatic carbocycles. The summed E-state index contributed by atoms with van der Waals surface area (Å²) in [5, 5.41) is 5.93. The van der Waals surface area contributed by atoms with Gasteiger partial charge in [0.25, 0.3) is 0 Å². The van der Waals surface area contributed by atoms with Gasteiger partial charge in [-0.15, -0.1) is 11.3 Å². The van der Waals surface area contributed by atoms with E-state index in [0.717, 1.165) is 10.8 Å². The molecule has 21 heavy (non-hydrogen) atoms. The van der Waals surface area contributed by atoms with Crippen molar-refractivity contribution in [1.29, 1.82) is 0 Å². The Balaban J connectivity index is 1.59. The number of carbonyl (C=O) groups is 2. The summed E-state index contributed by atoms with van der Waals surface area (Å²) in [6.45, 7) is 0.983. The van der Waals surface area contributed by atoms with E-state index in [1.54, 1.807) is 0 Å². The molecule has 0 unspecified atom stereocenters. The van der Waals surface area contributed by atoms with Gasteiger partial charge < -0.3 is 5.32 Å². The van der Waals surface area contributed by atoms with Crippen molar-refractivity contribution in [2.45, 2.75) is 25.9 Å². The Morgan fingerprint density at radius 3 is 2.57 bits per heavy atom. The Labute approximate surface area is 126 Å². The lowest BCUT2D eigenvalue weighted by Crippen LogP contribution is -2.28. The fraction of sp³-hybridized carbons (Fsp3) is 0.267. The SMILES string of the molecule is O=C1CCC(=O)N1Cc1csc(NCc2ccccc2)n1. The number of nitrogens with one attached hydrogen (secondary N) is 1. The number of hydrogen-bond donors (Lipinski definition) is 1. The maximum Gasteiger partial charge on any atom is 0.230 e. The minimum Gasteiger partial charge on any atom is -0.357 e. The van der Waals surface area contributed by atoms with Crippen molar-refractivity contribution in [2.24, 2.45) is 0 Å². The van der Waals surface area contributed by atoms with E-state index in [0.29, 0.717) is 19.4 Å². The lowest BCUT2D eigenvalue weighted by Gasteiger charge is -2.11. The molecular formula is C15H15N3O2S. The summed E-state index contributed by atoms with van der Waals surface area (Å²) in [4.78, 5) is 28.9. The van der Waals surface area contributed by atoms with E-state index in [2.05, 4.69) is 10.3 Å². The topological polar surface area (TPSA) is 62.3 Å². The molecule has 108 valence electrons. The number of imide groups is 1. The largest absolute Gasteiger partial charge is 0.357 e. The second-order valence-corrected chi connectivity index (χ2v) is 5.71. The van der Waals surface area contributed by atoms with Crippen molar-refractivity contribution in [3.05, 3.63) is 47.0 Å². The number of rotatable bonds is 5. The van der Waals surface area contributed by atoms with Crippen molar-refractivity contribution < 1.29 is 9.59 Å². The molecule has 5 nitrogen and oxygen atoms in total. The fourth-order valence-corrected chi connectivity index (χ4v) is 2.90. The smallest absolute Gasteiger partial charge is 0.230 e. The zero-order chi connectivity index (χ0) is 14.7. The third kappa shape index (κ3) is 3.28. The lowest BCUT2D eigenvalue weighted by molar-refractivity contribution is -0.139. The van der Waals surface area contributed by atoms with Gasteiger partial charge in [-0.2, -0.15) is 0 Å². The second kappa shape index (κ2) is 6.05. The van der Waals surface area contributed by atoms with Crippen LogP contribution in [0.1, 0.15) is 24.1 Å². The Kier molecular flexibility index (Phi) is 3.96. The number of hydrogen-bond acceptors (Lipinski definition) is 5. The number of anilines is 1. The summed E-state index contributed by atoms with van der Waals surface area (Å²) in [6.07, 6.45) is 0.643. The molecule has 1 aliphatic rings. The normalized spacial score (nSPS) is 14.8. The zero-order valence-corrected chi connectivity index (χ0v) is 12.2. The average molecular weight is 301 g/mol. The molecule has 0 radical (unpaired) electrons. The monoisotopic (exact) mass is 301 g/mol. The van der Waals surface area contributed by atoms with Crippen LogP contribution in [0.5, 0.6) is 0 Å². The number of benzene rings is 1. The molecule has 0 saturated carbocycles. The third-order valence-corrected chi connectivity index (χ3v) is 4.16. The van der Waals surface area contributed by atoms with E-state index in [1.807, 2.05) is 35.7 Å². The Bertz CT molecular complexity index is 638. The summed E-state index contributed by atoms with van der Waals surface area (Å²) in [5.74, 6) is -0.210. The molecule has 0 aliphatic carbocycles. The van der Waals surface area contributed by atoms with Gasteiger partial charge in [-0.1, -0.05) is 30.3 Å². The maximum atomic E-state index is 11.6. The van der Waals surface area contributed by atoms with Crippen LogP contribution >= 0.6 is 11.3 Å². The second-order valence-electron chi connectivity index (χ2n) is 4.86. The van der Waals surface area contributed by atoms with Gasteiger partial charge in [0.1, 0.15) is 0 Å². The van der Waals surface area contributed by atoms with Crippen LogP contribution in [0.15, 0.2) is 35.7 Å². The maximum absolute atomic E-state index is 11.6. The highest BCUT2D eigenvalue weighted by molar-refractivity contribution is 7.13. The summed E-state index contributed by atoms with van der Waals surface area (Å²) in [7, 11) is 0. The van der Waals surface area contributed by atoms with Crippen LogP contribution in [0.25, 0.3) is 0 Å². The van der Waals surface area contributed by atoms with Crippen LogP contribution in [0.4, 0.5) is 5.13 Å². The molecule has 1 N–H and O–H groups in total. The minimum absolute atomic E-state index is 0.105. The van der Waals surface area contributed by atoms with Gasteiger partial charge >= 0.3 is 0 Å². The molecule has 1 aliphatic heterocycles. The number of thiazole rings is 1. The minimum atomic E-state index is -0.105. The van der Waals surface area contributed by atoms with Crippen LogP contribution in [0.3, 0.4) is 0 Å². The van der Waals surface area contributed by atoms with E-state index in [-0.39, 0.29) is 18.4 Å². The Hall–Kier alpha value is -2.21. The van der Waals surface area contributed by atoms with Gasteiger partial charge in [0.2, 0.25) is 11.8 Å². The van der Waals surface area contributed by atoms with Crippen LogP contribution in [0, 0.1) is 0 Å². The molecular weight excluding hydrogens is 286 g/mol. The molecule has 2 aromatic rings. The highest BCUT2D eigenvalue weighted by Crippen LogP contribution is 2.20. The summed E-state index contributed by atoms with van der Waals surface area (Å²) in [5.41, 5.74) is 1.93.